The highest BCUT2D eigenvalue weighted by Gasteiger charge is 2.12. The lowest BCUT2D eigenvalue weighted by atomic mass is 10.1. The minimum atomic E-state index is 0. The quantitative estimate of drug-likeness (QED) is 0.523. The maximum absolute atomic E-state index is 5.99. The zero-order valence-corrected chi connectivity index (χ0v) is 17.5. The van der Waals surface area contributed by atoms with Crippen LogP contribution < -0.4 is 14.8 Å². The molecule has 1 N–H and O–H groups in total. The number of methoxy groups -OCH3 is 1. The molecule has 5 heteroatoms. The Morgan fingerprint density at radius 3 is 2.44 bits per heavy atom. The summed E-state index contributed by atoms with van der Waals surface area (Å²) in [7, 11) is 1.68. The summed E-state index contributed by atoms with van der Waals surface area (Å²) in [6, 6.07) is 12.5. The molecular formula is C20H27BrClNO2. The normalized spacial score (nSPS) is 10.2. The molecule has 0 spiro atoms. The average Bonchev–Trinajstić information content (AvgIpc) is 2.59. The van der Waals surface area contributed by atoms with Crippen molar-refractivity contribution in [2.24, 2.45) is 0 Å². The van der Waals surface area contributed by atoms with E-state index in [0.717, 1.165) is 34.6 Å². The predicted octanol–water partition coefficient (Wildman–Crippen LogP) is 5.66. The van der Waals surface area contributed by atoms with E-state index in [9.17, 15) is 0 Å². The molecule has 0 aliphatic heterocycles. The number of ether oxygens (including phenoxy) is 2. The zero-order chi connectivity index (χ0) is 17.4. The summed E-state index contributed by atoms with van der Waals surface area (Å²) in [5, 5.41) is 3.45. The van der Waals surface area contributed by atoms with Crippen molar-refractivity contribution in [2.75, 3.05) is 13.7 Å². The number of aryl methyl sites for hydroxylation is 1. The van der Waals surface area contributed by atoms with Crippen molar-refractivity contribution in [2.45, 2.75) is 39.8 Å². The molecule has 0 aliphatic carbocycles. The van der Waals surface area contributed by atoms with Crippen molar-refractivity contribution in [3.05, 3.63) is 57.6 Å². The van der Waals surface area contributed by atoms with Gasteiger partial charge in [0.25, 0.3) is 0 Å². The van der Waals surface area contributed by atoms with Crippen molar-refractivity contribution in [1.82, 2.24) is 5.32 Å². The fraction of sp³-hybridized carbons (Fsp3) is 0.400. The molecule has 0 atom stereocenters. The predicted molar refractivity (Wildman–Crippen MR) is 110 cm³/mol. The van der Waals surface area contributed by atoms with Crippen LogP contribution in [0, 0.1) is 6.92 Å². The van der Waals surface area contributed by atoms with Crippen molar-refractivity contribution in [3.8, 4) is 11.5 Å². The largest absolute Gasteiger partial charge is 0.493 e. The number of nitrogens with one attached hydrogen (secondary N) is 1. The third-order valence-corrected chi connectivity index (χ3v) is 4.42. The van der Waals surface area contributed by atoms with E-state index in [0.29, 0.717) is 6.61 Å². The average molecular weight is 429 g/mol. The Morgan fingerprint density at radius 1 is 1.08 bits per heavy atom. The van der Waals surface area contributed by atoms with E-state index in [4.69, 9.17) is 9.47 Å². The second-order valence-electron chi connectivity index (χ2n) is 5.91. The lowest BCUT2D eigenvalue weighted by molar-refractivity contribution is 0.282. The SMILES string of the molecule is CCCCNCc1cc(Br)c(OCc2ccc(C)cc2)c(OC)c1.Cl. The number of benzene rings is 2. The van der Waals surface area contributed by atoms with Gasteiger partial charge >= 0.3 is 0 Å². The number of hydrogen-bond acceptors (Lipinski definition) is 3. The maximum atomic E-state index is 5.99. The molecule has 2 rings (SSSR count). The van der Waals surface area contributed by atoms with Gasteiger partial charge in [0.05, 0.1) is 11.6 Å². The molecule has 2 aromatic rings. The highest BCUT2D eigenvalue weighted by atomic mass is 79.9. The van der Waals surface area contributed by atoms with Crippen molar-refractivity contribution in [1.29, 1.82) is 0 Å². The van der Waals surface area contributed by atoms with Crippen LogP contribution in [0.25, 0.3) is 0 Å². The second kappa shape index (κ2) is 11.4. The van der Waals surface area contributed by atoms with Gasteiger partial charge < -0.3 is 14.8 Å². The van der Waals surface area contributed by atoms with Crippen molar-refractivity contribution < 1.29 is 9.47 Å². The minimum absolute atomic E-state index is 0. The van der Waals surface area contributed by atoms with Crippen LogP contribution in [0.2, 0.25) is 0 Å². The topological polar surface area (TPSA) is 30.5 Å². The van der Waals surface area contributed by atoms with Gasteiger partial charge in [-0.05, 0) is 59.1 Å². The van der Waals surface area contributed by atoms with Crippen LogP contribution in [0.3, 0.4) is 0 Å². The number of halogens is 2. The van der Waals surface area contributed by atoms with Gasteiger partial charge in [-0.2, -0.15) is 0 Å². The Hall–Kier alpha value is -1.23. The molecule has 0 heterocycles. The van der Waals surface area contributed by atoms with Gasteiger partial charge in [0.1, 0.15) is 6.61 Å². The third kappa shape index (κ3) is 6.89. The third-order valence-electron chi connectivity index (χ3n) is 3.83. The summed E-state index contributed by atoms with van der Waals surface area (Å²) >= 11 is 3.61. The molecule has 0 saturated carbocycles. The summed E-state index contributed by atoms with van der Waals surface area (Å²) in [6.07, 6.45) is 2.39. The molecule has 0 aliphatic rings. The lowest BCUT2D eigenvalue weighted by Crippen LogP contribution is -2.14. The highest BCUT2D eigenvalue weighted by molar-refractivity contribution is 9.10. The van der Waals surface area contributed by atoms with Crippen LogP contribution in [-0.2, 0) is 13.2 Å². The molecule has 0 unspecified atom stereocenters. The Kier molecular flexibility index (Phi) is 9.94. The van der Waals surface area contributed by atoms with E-state index in [1.807, 2.05) is 6.07 Å². The smallest absolute Gasteiger partial charge is 0.175 e. The lowest BCUT2D eigenvalue weighted by Gasteiger charge is -2.15. The van der Waals surface area contributed by atoms with Crippen LogP contribution >= 0.6 is 28.3 Å². The Bertz CT molecular complexity index is 647. The number of hydrogen-bond donors (Lipinski definition) is 1. The number of unbranched alkanes of at least 4 members (excludes halogenated alkanes) is 1. The van der Waals surface area contributed by atoms with Crippen molar-refractivity contribution >= 4 is 28.3 Å². The fourth-order valence-corrected chi connectivity index (χ4v) is 2.99. The molecule has 0 radical (unpaired) electrons. The monoisotopic (exact) mass is 427 g/mol. The van der Waals surface area contributed by atoms with Crippen LogP contribution in [-0.4, -0.2) is 13.7 Å². The summed E-state index contributed by atoms with van der Waals surface area (Å²) < 4.78 is 12.4. The van der Waals surface area contributed by atoms with Crippen LogP contribution in [0.15, 0.2) is 40.9 Å². The summed E-state index contributed by atoms with van der Waals surface area (Å²) in [5.41, 5.74) is 3.56. The van der Waals surface area contributed by atoms with E-state index in [-0.39, 0.29) is 12.4 Å². The Balaban J connectivity index is 0.00000312. The minimum Gasteiger partial charge on any atom is -0.493 e. The highest BCUT2D eigenvalue weighted by Crippen LogP contribution is 2.37. The second-order valence-corrected chi connectivity index (χ2v) is 6.77. The summed E-state index contributed by atoms with van der Waals surface area (Å²) in [4.78, 5) is 0. The maximum Gasteiger partial charge on any atom is 0.175 e. The van der Waals surface area contributed by atoms with E-state index in [2.05, 4.69) is 65.4 Å². The fourth-order valence-electron chi connectivity index (χ4n) is 2.39. The van der Waals surface area contributed by atoms with Gasteiger partial charge in [-0.25, -0.2) is 0 Å². The van der Waals surface area contributed by atoms with Crippen LogP contribution in [0.1, 0.15) is 36.5 Å². The van der Waals surface area contributed by atoms with Gasteiger partial charge in [-0.15, -0.1) is 12.4 Å². The van der Waals surface area contributed by atoms with Crippen LogP contribution in [0.4, 0.5) is 0 Å². The first-order chi connectivity index (χ1) is 11.6. The van der Waals surface area contributed by atoms with Crippen molar-refractivity contribution in [3.63, 3.8) is 0 Å². The Labute approximate surface area is 165 Å². The first-order valence-electron chi connectivity index (χ1n) is 8.39. The summed E-state index contributed by atoms with van der Waals surface area (Å²) in [6.45, 7) is 6.65. The van der Waals surface area contributed by atoms with Gasteiger partial charge in [0.15, 0.2) is 11.5 Å². The molecule has 0 fully saturated rings. The molecule has 0 bridgehead atoms. The molecule has 0 amide bonds. The molecule has 2 aromatic carbocycles. The summed E-state index contributed by atoms with van der Waals surface area (Å²) in [5.74, 6) is 1.50. The molecule has 3 nitrogen and oxygen atoms in total. The van der Waals surface area contributed by atoms with E-state index in [1.165, 1.54) is 24.0 Å². The Morgan fingerprint density at radius 2 is 1.80 bits per heavy atom. The molecule has 0 aromatic heterocycles. The van der Waals surface area contributed by atoms with Gasteiger partial charge in [-0.1, -0.05) is 43.2 Å². The standard InChI is InChI=1S/C20H26BrNO2.ClH/c1-4-5-10-22-13-17-11-18(21)20(19(12-17)23-3)24-14-16-8-6-15(2)7-9-16;/h6-9,11-12,22H,4-5,10,13-14H2,1-3H3;1H. The zero-order valence-electron chi connectivity index (χ0n) is 15.1. The first kappa shape index (κ1) is 21.8. The van der Waals surface area contributed by atoms with E-state index < -0.39 is 0 Å². The number of rotatable bonds is 9. The van der Waals surface area contributed by atoms with Gasteiger partial charge in [0.2, 0.25) is 0 Å². The molecule has 25 heavy (non-hydrogen) atoms. The van der Waals surface area contributed by atoms with Crippen LogP contribution in [0.5, 0.6) is 11.5 Å². The molecular weight excluding hydrogens is 402 g/mol. The molecule has 138 valence electrons. The van der Waals surface area contributed by atoms with E-state index in [1.54, 1.807) is 7.11 Å². The van der Waals surface area contributed by atoms with Gasteiger partial charge in [-0.3, -0.25) is 0 Å². The van der Waals surface area contributed by atoms with Gasteiger partial charge in [0, 0.05) is 6.54 Å². The molecule has 0 saturated heterocycles. The first-order valence-corrected chi connectivity index (χ1v) is 9.18. The van der Waals surface area contributed by atoms with E-state index >= 15 is 0 Å².